The van der Waals surface area contributed by atoms with E-state index in [2.05, 4.69) is 10.6 Å². The van der Waals surface area contributed by atoms with Crippen LogP contribution in [0.25, 0.3) is 11.1 Å². The second-order valence-corrected chi connectivity index (χ2v) is 12.5. The molecule has 3 atom stereocenters. The Morgan fingerprint density at radius 2 is 1.22 bits per heavy atom. The molecule has 0 radical (unpaired) electrons. The Labute approximate surface area is 288 Å². The van der Waals surface area contributed by atoms with Gasteiger partial charge in [0.25, 0.3) is 11.8 Å². The summed E-state index contributed by atoms with van der Waals surface area (Å²) >= 11 is 0. The number of amides is 2. The van der Waals surface area contributed by atoms with Crippen molar-refractivity contribution in [2.45, 2.75) is 45.0 Å². The number of ketones is 1. The van der Waals surface area contributed by atoms with E-state index >= 15 is 0 Å². The van der Waals surface area contributed by atoms with Crippen molar-refractivity contribution in [3.05, 3.63) is 167 Å². The number of nitrogens with zero attached hydrogens (tertiary/aromatic N) is 1. The van der Waals surface area contributed by atoms with E-state index in [9.17, 15) is 19.5 Å². The molecule has 0 aromatic heterocycles. The second kappa shape index (κ2) is 16.6. The predicted octanol–water partition coefficient (Wildman–Crippen LogP) is 6.88. The van der Waals surface area contributed by atoms with Crippen LogP contribution in [0.1, 0.15) is 67.7 Å². The van der Waals surface area contributed by atoms with Gasteiger partial charge in [0.15, 0.2) is 5.78 Å². The number of carbonyl (C=O) groups is 3. The monoisotopic (exact) mass is 653 g/mol. The van der Waals surface area contributed by atoms with Gasteiger partial charge in [0.1, 0.15) is 0 Å². The molecule has 0 saturated heterocycles. The van der Waals surface area contributed by atoms with E-state index in [1.807, 2.05) is 122 Å². The van der Waals surface area contributed by atoms with Gasteiger partial charge in [-0.1, -0.05) is 115 Å². The van der Waals surface area contributed by atoms with Crippen molar-refractivity contribution in [1.29, 1.82) is 0 Å². The summed E-state index contributed by atoms with van der Waals surface area (Å²) in [4.78, 5) is 42.4. The maximum absolute atomic E-state index is 14.1. The molecule has 49 heavy (non-hydrogen) atoms. The Bertz CT molecular complexity index is 1860. The van der Waals surface area contributed by atoms with Gasteiger partial charge in [0.2, 0.25) is 0 Å². The number of carbonyl (C=O) groups excluding carboxylic acids is 3. The highest BCUT2D eigenvalue weighted by Gasteiger charge is 2.25. The van der Waals surface area contributed by atoms with E-state index in [0.29, 0.717) is 36.2 Å². The molecule has 7 nitrogen and oxygen atoms in total. The number of benzene rings is 5. The van der Waals surface area contributed by atoms with Gasteiger partial charge >= 0.3 is 0 Å². The fourth-order valence-electron chi connectivity index (χ4n) is 6.00. The van der Waals surface area contributed by atoms with Crippen molar-refractivity contribution in [1.82, 2.24) is 15.5 Å². The summed E-state index contributed by atoms with van der Waals surface area (Å²) in [5.74, 6) is -0.909. The molecule has 0 aliphatic heterocycles. The molecule has 0 spiro atoms. The fraction of sp³-hybridized carbons (Fsp3) is 0.214. The van der Waals surface area contributed by atoms with Crippen molar-refractivity contribution in [3.8, 4) is 11.1 Å². The summed E-state index contributed by atoms with van der Waals surface area (Å²) in [5, 5.41) is 17.7. The molecule has 0 aliphatic carbocycles. The summed E-state index contributed by atoms with van der Waals surface area (Å²) in [6, 6.07) is 40.6. The molecule has 0 saturated carbocycles. The lowest BCUT2D eigenvalue weighted by molar-refractivity contribution is 0.0713. The third kappa shape index (κ3) is 9.60. The minimum atomic E-state index is -0.894. The summed E-state index contributed by atoms with van der Waals surface area (Å²) in [6.07, 6.45) is -0.490. The summed E-state index contributed by atoms with van der Waals surface area (Å²) < 4.78 is 0. The van der Waals surface area contributed by atoms with Gasteiger partial charge in [0, 0.05) is 29.8 Å². The Balaban J connectivity index is 1.46. The highest BCUT2D eigenvalue weighted by atomic mass is 16.3. The first-order valence-corrected chi connectivity index (χ1v) is 16.5. The lowest BCUT2D eigenvalue weighted by Crippen LogP contribution is -2.49. The zero-order valence-corrected chi connectivity index (χ0v) is 28.2. The molecule has 5 rings (SSSR count). The molecular weight excluding hydrogens is 610 g/mol. The molecular formula is C42H43N3O4. The lowest BCUT2D eigenvalue weighted by Gasteiger charge is -2.28. The molecule has 0 heterocycles. The Kier molecular flexibility index (Phi) is 11.9. The Hall–Kier alpha value is -5.37. The van der Waals surface area contributed by atoms with Gasteiger partial charge in [-0.15, -0.1) is 0 Å². The Morgan fingerprint density at radius 3 is 1.84 bits per heavy atom. The van der Waals surface area contributed by atoms with Crippen molar-refractivity contribution in [3.63, 3.8) is 0 Å². The first-order valence-electron chi connectivity index (χ1n) is 16.5. The highest BCUT2D eigenvalue weighted by Crippen LogP contribution is 2.27. The van der Waals surface area contributed by atoms with E-state index in [1.54, 1.807) is 30.3 Å². The van der Waals surface area contributed by atoms with Crippen LogP contribution in [0.5, 0.6) is 0 Å². The maximum Gasteiger partial charge on any atom is 0.251 e. The molecule has 0 aliphatic rings. The molecule has 3 N–H and O–H groups in total. The fourth-order valence-corrected chi connectivity index (χ4v) is 6.00. The van der Waals surface area contributed by atoms with Crippen molar-refractivity contribution in [2.24, 2.45) is 0 Å². The number of aliphatic hydroxyl groups is 1. The number of hydrogen-bond donors (Lipinski definition) is 3. The van der Waals surface area contributed by atoms with E-state index < -0.39 is 18.1 Å². The average Bonchev–Trinajstić information content (AvgIpc) is 3.12. The van der Waals surface area contributed by atoms with E-state index in [4.69, 9.17) is 0 Å². The summed E-state index contributed by atoms with van der Waals surface area (Å²) in [6.45, 7) is 4.36. The highest BCUT2D eigenvalue weighted by molar-refractivity contribution is 6.04. The van der Waals surface area contributed by atoms with Crippen molar-refractivity contribution >= 4 is 17.6 Å². The van der Waals surface area contributed by atoms with Gasteiger partial charge in [-0.25, -0.2) is 0 Å². The zero-order chi connectivity index (χ0) is 34.8. The van der Waals surface area contributed by atoms with Gasteiger partial charge in [0.05, 0.1) is 18.2 Å². The van der Waals surface area contributed by atoms with Crippen LogP contribution in [0.4, 0.5) is 0 Å². The first-order chi connectivity index (χ1) is 23.7. The van der Waals surface area contributed by atoms with Crippen molar-refractivity contribution < 1.29 is 19.5 Å². The van der Waals surface area contributed by atoms with E-state index in [0.717, 1.165) is 16.7 Å². The largest absolute Gasteiger partial charge is 0.390 e. The third-order valence-electron chi connectivity index (χ3n) is 8.60. The van der Waals surface area contributed by atoms with Gasteiger partial charge in [-0.05, 0) is 73.3 Å². The molecule has 0 bridgehead atoms. The maximum atomic E-state index is 14.1. The first kappa shape index (κ1) is 35.0. The van der Waals surface area contributed by atoms with Crippen LogP contribution in [-0.2, 0) is 13.0 Å². The van der Waals surface area contributed by atoms with Crippen LogP contribution in [0.15, 0.2) is 133 Å². The number of hydrogen-bond acceptors (Lipinski definition) is 5. The summed E-state index contributed by atoms with van der Waals surface area (Å²) in [5.41, 5.74) is 5.25. The van der Waals surface area contributed by atoms with Crippen LogP contribution in [0.3, 0.4) is 0 Å². The SMILES string of the molecule is CC(=O)c1ccccc1-c1cc(C(=O)N[C@@H](Cc2ccccc2)[C@H](O)CN(C)Cc2ccccc2)cc(C(=O)N[C@H](C)c2ccccc2)c1. The van der Waals surface area contributed by atoms with E-state index in [1.165, 1.54) is 6.92 Å². The minimum absolute atomic E-state index is 0.125. The molecule has 7 heteroatoms. The van der Waals surface area contributed by atoms with Crippen LogP contribution >= 0.6 is 0 Å². The third-order valence-corrected chi connectivity index (χ3v) is 8.60. The smallest absolute Gasteiger partial charge is 0.251 e. The normalized spacial score (nSPS) is 12.9. The van der Waals surface area contributed by atoms with Crippen LogP contribution in [0.2, 0.25) is 0 Å². The average molecular weight is 654 g/mol. The van der Waals surface area contributed by atoms with E-state index in [-0.39, 0.29) is 28.9 Å². The predicted molar refractivity (Wildman–Crippen MR) is 194 cm³/mol. The molecule has 0 fully saturated rings. The summed E-state index contributed by atoms with van der Waals surface area (Å²) in [7, 11) is 1.94. The minimum Gasteiger partial charge on any atom is -0.390 e. The van der Waals surface area contributed by atoms with Crippen molar-refractivity contribution in [2.75, 3.05) is 13.6 Å². The number of aliphatic hydroxyl groups excluding tert-OH is 1. The van der Waals surface area contributed by atoms with Crippen LogP contribution < -0.4 is 10.6 Å². The topological polar surface area (TPSA) is 98.7 Å². The number of likely N-dealkylation sites (N-methyl/N-ethyl adjacent to an activating group) is 1. The van der Waals surface area contributed by atoms with Gasteiger partial charge < -0.3 is 15.7 Å². The Morgan fingerprint density at radius 1 is 0.694 bits per heavy atom. The zero-order valence-electron chi connectivity index (χ0n) is 28.2. The van der Waals surface area contributed by atoms with Crippen LogP contribution in [-0.4, -0.2) is 53.3 Å². The lowest BCUT2D eigenvalue weighted by atomic mass is 9.93. The van der Waals surface area contributed by atoms with Gasteiger partial charge in [-0.2, -0.15) is 0 Å². The standard InChI is InChI=1S/C42H43N3O4/c1-29(33-19-11-6-12-20-33)43-41(48)35-24-34(38-22-14-13-21-37(38)30(2)46)25-36(26-35)42(49)44-39(23-31-15-7-4-8-16-31)40(47)28-45(3)27-32-17-9-5-10-18-32/h4-22,24-26,29,39-40,47H,23,27-28H2,1-3H3,(H,43,48)(H,44,49)/t29-,39+,40-/m1/s1. The number of nitrogens with one attached hydrogen (secondary N) is 2. The quantitative estimate of drug-likeness (QED) is 0.114. The molecule has 250 valence electrons. The molecule has 2 amide bonds. The van der Waals surface area contributed by atoms with Crippen LogP contribution in [0, 0.1) is 0 Å². The molecule has 5 aromatic rings. The van der Waals surface area contributed by atoms with Gasteiger partial charge in [-0.3, -0.25) is 19.3 Å². The second-order valence-electron chi connectivity index (χ2n) is 12.5. The number of Topliss-reactive ketones (excluding diaryl/α,β-unsaturated/α-hetero) is 1. The molecule has 5 aromatic carbocycles. The number of rotatable bonds is 14. The molecule has 0 unspecified atom stereocenters.